The van der Waals surface area contributed by atoms with Gasteiger partial charge in [0.1, 0.15) is 23.9 Å². The number of hydrogen-bond acceptors (Lipinski definition) is 13. The summed E-state index contributed by atoms with van der Waals surface area (Å²) in [6.45, 7) is 3.96. The van der Waals surface area contributed by atoms with E-state index in [0.29, 0.717) is 11.8 Å². The second kappa shape index (κ2) is 11.6. The SMILES string of the molecule is CC(=O)OC[C@H]1O[C@@H](SC2=CC(=O)c3cccc(O)c3C2=O)C(OC(C)=O)[C@@H](OC(C)=O)[C@@H]1OC(C)=O. The number of Topliss-reactive ketones (excluding diaryl/α,β-unsaturated/α-hetero) is 1. The van der Waals surface area contributed by atoms with Crippen LogP contribution in [0.5, 0.6) is 5.75 Å². The van der Waals surface area contributed by atoms with E-state index in [1.54, 1.807) is 0 Å². The molecule has 0 aromatic heterocycles. The van der Waals surface area contributed by atoms with Crippen molar-refractivity contribution in [2.45, 2.75) is 57.5 Å². The third-order valence-corrected chi connectivity index (χ3v) is 6.38. The number of fused-ring (bicyclic) bond motifs is 1. The first-order chi connectivity index (χ1) is 17.4. The third-order valence-electron chi connectivity index (χ3n) is 5.21. The summed E-state index contributed by atoms with van der Waals surface area (Å²) in [7, 11) is 0. The van der Waals surface area contributed by atoms with Crippen LogP contribution < -0.4 is 0 Å². The van der Waals surface area contributed by atoms with Crippen LogP contribution in [-0.4, -0.2) is 77.0 Å². The molecule has 0 amide bonds. The first-order valence-electron chi connectivity index (χ1n) is 11.0. The van der Waals surface area contributed by atoms with E-state index in [2.05, 4.69) is 0 Å². The molecule has 37 heavy (non-hydrogen) atoms. The largest absolute Gasteiger partial charge is 0.507 e. The van der Waals surface area contributed by atoms with Crippen molar-refractivity contribution in [2.24, 2.45) is 0 Å². The van der Waals surface area contributed by atoms with Gasteiger partial charge in [-0.3, -0.25) is 28.8 Å². The monoisotopic (exact) mass is 536 g/mol. The number of carbonyl (C=O) groups is 6. The number of allylic oxidation sites excluding steroid dienone is 2. The van der Waals surface area contributed by atoms with Gasteiger partial charge < -0.3 is 28.8 Å². The molecular formula is C24H24O12S. The van der Waals surface area contributed by atoms with Crippen molar-refractivity contribution in [3.05, 3.63) is 40.3 Å². The smallest absolute Gasteiger partial charge is 0.303 e. The fraction of sp³-hybridized carbons (Fsp3) is 0.417. The Bertz CT molecular complexity index is 1170. The van der Waals surface area contributed by atoms with Crippen LogP contribution in [0.1, 0.15) is 48.4 Å². The van der Waals surface area contributed by atoms with E-state index in [1.807, 2.05) is 0 Å². The van der Waals surface area contributed by atoms with Crippen LogP contribution in [0.2, 0.25) is 0 Å². The maximum atomic E-state index is 13.2. The van der Waals surface area contributed by atoms with Crippen molar-refractivity contribution in [3.63, 3.8) is 0 Å². The minimum Gasteiger partial charge on any atom is -0.507 e. The van der Waals surface area contributed by atoms with E-state index in [9.17, 15) is 33.9 Å². The van der Waals surface area contributed by atoms with Gasteiger partial charge in [0.05, 0.1) is 10.5 Å². The van der Waals surface area contributed by atoms with Gasteiger partial charge in [-0.25, -0.2) is 0 Å². The number of thioether (sulfide) groups is 1. The van der Waals surface area contributed by atoms with E-state index in [-0.39, 0.29) is 16.0 Å². The van der Waals surface area contributed by atoms with Crippen molar-refractivity contribution in [2.75, 3.05) is 6.61 Å². The van der Waals surface area contributed by atoms with Gasteiger partial charge in [-0.15, -0.1) is 0 Å². The second-order valence-electron chi connectivity index (χ2n) is 8.09. The number of benzene rings is 1. The molecular weight excluding hydrogens is 512 g/mol. The van der Waals surface area contributed by atoms with Crippen LogP contribution >= 0.6 is 11.8 Å². The Labute approximate surface area is 215 Å². The predicted molar refractivity (Wildman–Crippen MR) is 124 cm³/mol. The summed E-state index contributed by atoms with van der Waals surface area (Å²) >= 11 is 0.673. The molecule has 1 N–H and O–H groups in total. The van der Waals surface area contributed by atoms with E-state index >= 15 is 0 Å². The van der Waals surface area contributed by atoms with E-state index in [1.165, 1.54) is 18.2 Å². The Morgan fingerprint density at radius 1 is 0.892 bits per heavy atom. The minimum atomic E-state index is -1.42. The summed E-state index contributed by atoms with van der Waals surface area (Å²) in [5.41, 5.74) is -1.49. The summed E-state index contributed by atoms with van der Waals surface area (Å²) < 4.78 is 27.0. The molecule has 5 atom stereocenters. The van der Waals surface area contributed by atoms with Gasteiger partial charge in [0, 0.05) is 39.3 Å². The van der Waals surface area contributed by atoms with Gasteiger partial charge in [-0.2, -0.15) is 0 Å². The van der Waals surface area contributed by atoms with Crippen LogP contribution in [0.25, 0.3) is 0 Å². The van der Waals surface area contributed by atoms with Crippen molar-refractivity contribution in [1.82, 2.24) is 0 Å². The molecule has 1 aromatic carbocycles. The molecule has 1 aliphatic heterocycles. The lowest BCUT2D eigenvalue weighted by atomic mass is 9.94. The highest BCUT2D eigenvalue weighted by atomic mass is 32.2. The lowest BCUT2D eigenvalue weighted by Crippen LogP contribution is -2.61. The third kappa shape index (κ3) is 6.54. The van der Waals surface area contributed by atoms with Crippen molar-refractivity contribution >= 4 is 47.2 Å². The second-order valence-corrected chi connectivity index (χ2v) is 9.23. The number of aromatic hydroxyl groups is 1. The molecule has 0 radical (unpaired) electrons. The summed E-state index contributed by atoms with van der Waals surface area (Å²) in [6, 6.07) is 4.07. The quantitative estimate of drug-likeness (QED) is 0.393. The first kappa shape index (κ1) is 27.9. The minimum absolute atomic E-state index is 0.0101. The average molecular weight is 537 g/mol. The van der Waals surface area contributed by atoms with E-state index in [0.717, 1.165) is 33.8 Å². The molecule has 13 heteroatoms. The molecule has 12 nitrogen and oxygen atoms in total. The van der Waals surface area contributed by atoms with Gasteiger partial charge in [-0.05, 0) is 6.07 Å². The number of rotatable bonds is 7. The molecule has 1 saturated heterocycles. The first-order valence-corrected chi connectivity index (χ1v) is 11.9. The fourth-order valence-electron chi connectivity index (χ4n) is 3.87. The zero-order valence-electron chi connectivity index (χ0n) is 20.2. The number of esters is 4. The Hall–Kier alpha value is -3.71. The molecule has 1 aromatic rings. The Balaban J connectivity index is 2.03. The lowest BCUT2D eigenvalue weighted by molar-refractivity contribution is -0.237. The number of hydrogen-bond donors (Lipinski definition) is 1. The number of ketones is 2. The summed E-state index contributed by atoms with van der Waals surface area (Å²) in [6.07, 6.45) is -4.36. The molecule has 2 aliphatic rings. The van der Waals surface area contributed by atoms with Gasteiger partial charge in [0.15, 0.2) is 24.1 Å². The molecule has 0 bridgehead atoms. The summed E-state index contributed by atoms with van der Waals surface area (Å²) in [5, 5.41) is 10.2. The van der Waals surface area contributed by atoms with Gasteiger partial charge in [-0.1, -0.05) is 23.9 Å². The van der Waals surface area contributed by atoms with Gasteiger partial charge >= 0.3 is 23.9 Å². The van der Waals surface area contributed by atoms with Crippen LogP contribution in [0.3, 0.4) is 0 Å². The predicted octanol–water partition coefficient (Wildman–Crippen LogP) is 1.47. The highest BCUT2D eigenvalue weighted by Crippen LogP contribution is 2.41. The van der Waals surface area contributed by atoms with Crippen molar-refractivity contribution < 1.29 is 57.6 Å². The highest BCUT2D eigenvalue weighted by Gasteiger charge is 2.53. The van der Waals surface area contributed by atoms with E-state index in [4.69, 9.17) is 23.7 Å². The fourth-order valence-corrected chi connectivity index (χ4v) is 5.04. The topological polar surface area (TPSA) is 169 Å². The number of carbonyl (C=O) groups excluding carboxylic acids is 6. The Kier molecular flexibility index (Phi) is 8.71. The molecule has 1 heterocycles. The molecule has 3 rings (SSSR count). The van der Waals surface area contributed by atoms with Crippen LogP contribution in [-0.2, 0) is 42.9 Å². The Morgan fingerprint density at radius 3 is 2.08 bits per heavy atom. The summed E-state index contributed by atoms with van der Waals surface area (Å²) in [4.78, 5) is 72.8. The Morgan fingerprint density at radius 2 is 1.49 bits per heavy atom. The molecule has 1 fully saturated rings. The van der Waals surface area contributed by atoms with Crippen LogP contribution in [0, 0.1) is 0 Å². The van der Waals surface area contributed by atoms with Crippen LogP contribution in [0.4, 0.5) is 0 Å². The highest BCUT2D eigenvalue weighted by molar-refractivity contribution is 8.04. The zero-order chi connectivity index (χ0) is 27.4. The standard InChI is InChI=1S/C24H24O12S/c1-10(25)32-9-17-21(33-11(2)26)22(34-12(3)27)23(35-13(4)28)24(36-17)37-18-8-16(30)14-6-5-7-15(29)19(14)20(18)31/h5-8,17,21-24,29H,9H2,1-4H3/t17-,21-,22+,23?,24+/m1/s1. The normalized spacial score (nSPS) is 24.9. The molecule has 1 unspecified atom stereocenters. The van der Waals surface area contributed by atoms with Crippen LogP contribution in [0.15, 0.2) is 29.2 Å². The summed E-state index contributed by atoms with van der Waals surface area (Å²) in [5.74, 6) is -4.72. The zero-order valence-corrected chi connectivity index (χ0v) is 21.1. The van der Waals surface area contributed by atoms with E-state index < -0.39 is 77.7 Å². The van der Waals surface area contributed by atoms with Crippen molar-refractivity contribution in [1.29, 1.82) is 0 Å². The average Bonchev–Trinajstić information content (AvgIpc) is 2.78. The molecule has 0 spiro atoms. The lowest BCUT2D eigenvalue weighted by Gasteiger charge is -2.44. The number of ether oxygens (including phenoxy) is 5. The molecule has 0 saturated carbocycles. The number of phenols is 1. The maximum absolute atomic E-state index is 13.2. The molecule has 198 valence electrons. The van der Waals surface area contributed by atoms with Gasteiger partial charge in [0.2, 0.25) is 5.78 Å². The van der Waals surface area contributed by atoms with Gasteiger partial charge in [0.25, 0.3) is 0 Å². The maximum Gasteiger partial charge on any atom is 0.303 e. The molecule has 1 aliphatic carbocycles. The number of phenolic OH excluding ortho intramolecular Hbond substituents is 1. The van der Waals surface area contributed by atoms with Crippen molar-refractivity contribution in [3.8, 4) is 5.75 Å².